The van der Waals surface area contributed by atoms with Crippen LogP contribution in [0.3, 0.4) is 0 Å². The molecule has 5 saturated carbocycles. The Bertz CT molecular complexity index is 524. The van der Waals surface area contributed by atoms with Crippen LogP contribution in [0.1, 0.15) is 65.2 Å². The molecule has 0 aromatic heterocycles. The first-order valence-electron chi connectivity index (χ1n) is 9.30. The van der Waals surface area contributed by atoms with Gasteiger partial charge in [-0.2, -0.15) is 0 Å². The topological polar surface area (TPSA) is 20.2 Å². The molecular formula is C20H30O. The van der Waals surface area contributed by atoms with Gasteiger partial charge in [0.25, 0.3) is 0 Å². The van der Waals surface area contributed by atoms with E-state index in [1.807, 2.05) is 0 Å². The Labute approximate surface area is 129 Å². The molecule has 1 heteroatoms. The lowest BCUT2D eigenvalue weighted by Gasteiger charge is -2.59. The first-order valence-corrected chi connectivity index (χ1v) is 9.30. The molecule has 0 aliphatic heterocycles. The van der Waals surface area contributed by atoms with Gasteiger partial charge in [0.15, 0.2) is 0 Å². The molecule has 8 atom stereocenters. The molecule has 5 aliphatic carbocycles. The maximum absolute atomic E-state index is 11.0. The average molecular weight is 286 g/mol. The van der Waals surface area contributed by atoms with E-state index in [-0.39, 0.29) is 6.10 Å². The predicted octanol–water partition coefficient (Wildman–Crippen LogP) is 4.56. The molecule has 0 aromatic rings. The second-order valence-electron chi connectivity index (χ2n) is 9.62. The summed E-state index contributed by atoms with van der Waals surface area (Å²) >= 11 is 0. The largest absolute Gasteiger partial charge is 0.393 e. The molecule has 0 heterocycles. The van der Waals surface area contributed by atoms with Gasteiger partial charge < -0.3 is 5.11 Å². The lowest BCUT2D eigenvalue weighted by atomic mass is 9.46. The van der Waals surface area contributed by atoms with Gasteiger partial charge in [-0.15, -0.1) is 0 Å². The molecule has 116 valence electrons. The van der Waals surface area contributed by atoms with Crippen LogP contribution < -0.4 is 0 Å². The Kier molecular flexibility index (Phi) is 2.26. The van der Waals surface area contributed by atoms with Crippen molar-refractivity contribution in [2.24, 2.45) is 39.9 Å². The fourth-order valence-corrected chi connectivity index (χ4v) is 8.22. The molecule has 5 aliphatic rings. The van der Waals surface area contributed by atoms with E-state index in [1.165, 1.54) is 50.5 Å². The van der Waals surface area contributed by atoms with Crippen molar-refractivity contribution in [3.63, 3.8) is 0 Å². The quantitative estimate of drug-likeness (QED) is 0.647. The average Bonchev–Trinajstić information content (AvgIpc) is 3.01. The highest BCUT2D eigenvalue weighted by Gasteiger charge is 2.76. The molecule has 0 aromatic carbocycles. The van der Waals surface area contributed by atoms with Crippen molar-refractivity contribution in [3.05, 3.63) is 12.2 Å². The van der Waals surface area contributed by atoms with Gasteiger partial charge in [-0.3, -0.25) is 0 Å². The lowest BCUT2D eigenvalue weighted by molar-refractivity contribution is -0.141. The maximum Gasteiger partial charge on any atom is 0.0607 e. The summed E-state index contributed by atoms with van der Waals surface area (Å²) in [6, 6.07) is 0. The number of aliphatic hydroxyl groups is 1. The number of aliphatic hydroxyl groups excluding tert-OH is 1. The van der Waals surface area contributed by atoms with Crippen LogP contribution in [0.2, 0.25) is 0 Å². The van der Waals surface area contributed by atoms with E-state index in [2.05, 4.69) is 20.4 Å². The van der Waals surface area contributed by atoms with Crippen LogP contribution in [0.25, 0.3) is 0 Å². The lowest BCUT2D eigenvalue weighted by Crippen LogP contribution is -2.55. The van der Waals surface area contributed by atoms with Crippen molar-refractivity contribution in [2.75, 3.05) is 0 Å². The standard InChI is InChI=1S/C20H30O/c1-12-4-5-15-14-10-17(21)20-11-13(20)6-9-19(20,3)16(14)7-8-18(12,15)2/h13-17,21H,1,4-11H2,2-3H3/t13-,14+,15+,16+,17-,18-,19-,20+/m1/s1. The van der Waals surface area contributed by atoms with Gasteiger partial charge in [0, 0.05) is 5.41 Å². The van der Waals surface area contributed by atoms with Gasteiger partial charge >= 0.3 is 0 Å². The molecule has 1 N–H and O–H groups in total. The first kappa shape index (κ1) is 13.2. The van der Waals surface area contributed by atoms with Gasteiger partial charge in [-0.25, -0.2) is 0 Å². The molecule has 0 saturated heterocycles. The Hall–Kier alpha value is -0.300. The van der Waals surface area contributed by atoms with E-state index in [0.717, 1.165) is 30.1 Å². The molecule has 5 fully saturated rings. The Morgan fingerprint density at radius 2 is 1.90 bits per heavy atom. The van der Waals surface area contributed by atoms with Crippen molar-refractivity contribution in [1.82, 2.24) is 0 Å². The number of hydrogen-bond donors (Lipinski definition) is 1. The van der Waals surface area contributed by atoms with Crippen molar-refractivity contribution in [2.45, 2.75) is 71.3 Å². The monoisotopic (exact) mass is 286 g/mol. The minimum atomic E-state index is -0.00698. The fourth-order valence-electron chi connectivity index (χ4n) is 8.22. The van der Waals surface area contributed by atoms with Crippen LogP contribution in [0.5, 0.6) is 0 Å². The molecule has 0 amide bonds. The van der Waals surface area contributed by atoms with Gasteiger partial charge in [0.05, 0.1) is 6.10 Å². The zero-order chi connectivity index (χ0) is 14.6. The van der Waals surface area contributed by atoms with Crippen molar-refractivity contribution >= 4 is 0 Å². The molecular weight excluding hydrogens is 256 g/mol. The number of fused-ring (bicyclic) bond motifs is 4. The van der Waals surface area contributed by atoms with Crippen LogP contribution in [0.4, 0.5) is 0 Å². The van der Waals surface area contributed by atoms with Crippen LogP contribution >= 0.6 is 0 Å². The number of rotatable bonds is 0. The highest BCUT2D eigenvalue weighted by Crippen LogP contribution is 2.81. The van der Waals surface area contributed by atoms with Gasteiger partial charge in [-0.05, 0) is 85.9 Å². The second-order valence-corrected chi connectivity index (χ2v) is 9.62. The normalized spacial score (nSPS) is 64.5. The van der Waals surface area contributed by atoms with Gasteiger partial charge in [0.2, 0.25) is 0 Å². The maximum atomic E-state index is 11.0. The Morgan fingerprint density at radius 3 is 2.67 bits per heavy atom. The van der Waals surface area contributed by atoms with Crippen LogP contribution in [0.15, 0.2) is 12.2 Å². The zero-order valence-electron chi connectivity index (χ0n) is 13.7. The third-order valence-corrected chi connectivity index (χ3v) is 9.53. The molecule has 0 unspecified atom stereocenters. The molecule has 21 heavy (non-hydrogen) atoms. The highest BCUT2D eigenvalue weighted by molar-refractivity contribution is 5.28. The summed E-state index contributed by atoms with van der Waals surface area (Å²) in [6.07, 6.45) is 10.6. The minimum absolute atomic E-state index is 0.00698. The van der Waals surface area contributed by atoms with Gasteiger partial charge in [0.1, 0.15) is 0 Å². The SMILES string of the molecule is C=C1CC[C@H]2[C@@H]3C[C@@H](O)[C@]45C[C@H]4CC[C@]5(C)[C@H]3CC[C@]12C. The number of hydrogen-bond acceptors (Lipinski definition) is 1. The van der Waals surface area contributed by atoms with E-state index in [9.17, 15) is 5.11 Å². The Morgan fingerprint density at radius 1 is 1.10 bits per heavy atom. The molecule has 1 spiro atoms. The van der Waals surface area contributed by atoms with E-state index in [1.54, 1.807) is 0 Å². The molecule has 1 nitrogen and oxygen atoms in total. The zero-order valence-corrected chi connectivity index (χ0v) is 13.7. The summed E-state index contributed by atoms with van der Waals surface area (Å²) in [5, 5.41) is 11.0. The second kappa shape index (κ2) is 3.61. The summed E-state index contributed by atoms with van der Waals surface area (Å²) in [4.78, 5) is 0. The van der Waals surface area contributed by atoms with Crippen molar-refractivity contribution < 1.29 is 5.11 Å². The van der Waals surface area contributed by atoms with E-state index >= 15 is 0 Å². The summed E-state index contributed by atoms with van der Waals surface area (Å²) < 4.78 is 0. The molecule has 5 rings (SSSR count). The summed E-state index contributed by atoms with van der Waals surface area (Å²) in [7, 11) is 0. The van der Waals surface area contributed by atoms with Gasteiger partial charge in [-0.1, -0.05) is 26.0 Å². The minimum Gasteiger partial charge on any atom is -0.393 e. The van der Waals surface area contributed by atoms with E-state index < -0.39 is 0 Å². The van der Waals surface area contributed by atoms with Crippen molar-refractivity contribution in [3.8, 4) is 0 Å². The van der Waals surface area contributed by atoms with Crippen LogP contribution in [0, 0.1) is 39.9 Å². The summed E-state index contributed by atoms with van der Waals surface area (Å²) in [6.45, 7) is 9.46. The fraction of sp³-hybridized carbons (Fsp3) is 0.900. The molecule has 0 radical (unpaired) electrons. The first-order chi connectivity index (χ1) is 9.93. The third kappa shape index (κ3) is 1.23. The third-order valence-electron chi connectivity index (χ3n) is 9.53. The molecule has 0 bridgehead atoms. The Balaban J connectivity index is 1.57. The smallest absolute Gasteiger partial charge is 0.0607 e. The summed E-state index contributed by atoms with van der Waals surface area (Å²) in [5.41, 5.74) is 2.70. The number of allylic oxidation sites excluding steroid dienone is 1. The summed E-state index contributed by atoms with van der Waals surface area (Å²) in [5.74, 6) is 3.33. The van der Waals surface area contributed by atoms with E-state index in [0.29, 0.717) is 16.2 Å². The predicted molar refractivity (Wildman–Crippen MR) is 84.7 cm³/mol. The van der Waals surface area contributed by atoms with Crippen LogP contribution in [-0.2, 0) is 0 Å². The van der Waals surface area contributed by atoms with Crippen LogP contribution in [-0.4, -0.2) is 11.2 Å². The highest BCUT2D eigenvalue weighted by atomic mass is 16.3. The van der Waals surface area contributed by atoms with Crippen molar-refractivity contribution in [1.29, 1.82) is 0 Å². The van der Waals surface area contributed by atoms with E-state index in [4.69, 9.17) is 0 Å².